The van der Waals surface area contributed by atoms with Crippen molar-refractivity contribution in [3.8, 4) is 17.2 Å². The SMILES string of the molecule is O=c1[nH]c2ccccc2c(=O)n1N=Cc1ccc(OCc2ccc3c(c2)OCO3)c(Cl)c1. The maximum atomic E-state index is 12.5. The fourth-order valence-electron chi connectivity index (χ4n) is 3.29. The molecule has 4 aromatic rings. The van der Waals surface area contributed by atoms with Crippen molar-refractivity contribution in [2.75, 3.05) is 6.79 Å². The normalized spacial score (nSPS) is 12.5. The van der Waals surface area contributed by atoms with Gasteiger partial charge in [-0.25, -0.2) is 4.79 Å². The van der Waals surface area contributed by atoms with E-state index in [0.717, 1.165) is 10.2 Å². The van der Waals surface area contributed by atoms with E-state index < -0.39 is 11.2 Å². The van der Waals surface area contributed by atoms with E-state index in [-0.39, 0.29) is 6.79 Å². The Morgan fingerprint density at radius 1 is 1.06 bits per heavy atom. The van der Waals surface area contributed by atoms with Gasteiger partial charge in [-0.15, -0.1) is 4.68 Å². The Balaban J connectivity index is 1.33. The second-order valence-corrected chi connectivity index (χ2v) is 7.41. The third-order valence-electron chi connectivity index (χ3n) is 4.89. The van der Waals surface area contributed by atoms with Gasteiger partial charge in [0, 0.05) is 0 Å². The Hall–Kier alpha value is -4.04. The fraction of sp³-hybridized carbons (Fsp3) is 0.0870. The summed E-state index contributed by atoms with van der Waals surface area (Å²) in [6.45, 7) is 0.511. The van der Waals surface area contributed by atoms with Crippen molar-refractivity contribution >= 4 is 28.7 Å². The molecule has 0 saturated heterocycles. The van der Waals surface area contributed by atoms with E-state index >= 15 is 0 Å². The third kappa shape index (κ3) is 3.83. The van der Waals surface area contributed by atoms with Gasteiger partial charge in [-0.2, -0.15) is 5.10 Å². The standard InChI is InChI=1S/C23H16ClN3O5/c24-17-9-14(11-25-27-22(28)16-3-1-2-4-18(16)26-23(27)29)5-7-19(17)30-12-15-6-8-20-21(10-15)32-13-31-20/h1-11H,12-13H2,(H,26,29). The van der Waals surface area contributed by atoms with E-state index in [9.17, 15) is 9.59 Å². The summed E-state index contributed by atoms with van der Waals surface area (Å²) < 4.78 is 17.2. The van der Waals surface area contributed by atoms with Crippen LogP contribution in [0.25, 0.3) is 10.9 Å². The van der Waals surface area contributed by atoms with Gasteiger partial charge < -0.3 is 19.2 Å². The van der Waals surface area contributed by atoms with Gasteiger partial charge in [-0.1, -0.05) is 29.8 Å². The minimum atomic E-state index is -0.625. The topological polar surface area (TPSA) is 94.9 Å². The van der Waals surface area contributed by atoms with E-state index in [1.807, 2.05) is 18.2 Å². The molecule has 32 heavy (non-hydrogen) atoms. The molecule has 1 aromatic heterocycles. The number of fused-ring (bicyclic) bond motifs is 2. The van der Waals surface area contributed by atoms with Crippen LogP contribution in [0.15, 0.2) is 75.4 Å². The summed E-state index contributed by atoms with van der Waals surface area (Å²) in [7, 11) is 0. The molecule has 1 N–H and O–H groups in total. The predicted molar refractivity (Wildman–Crippen MR) is 120 cm³/mol. The summed E-state index contributed by atoms with van der Waals surface area (Å²) in [6, 6.07) is 17.4. The second-order valence-electron chi connectivity index (χ2n) is 7.00. The Kier molecular flexibility index (Phi) is 5.12. The highest BCUT2D eigenvalue weighted by Crippen LogP contribution is 2.33. The first-order valence-electron chi connectivity index (χ1n) is 9.68. The predicted octanol–water partition coefficient (Wildman–Crippen LogP) is 3.53. The molecule has 0 spiro atoms. The number of nitrogens with one attached hydrogen (secondary N) is 1. The molecule has 5 rings (SSSR count). The van der Waals surface area contributed by atoms with E-state index in [1.165, 1.54) is 6.21 Å². The zero-order chi connectivity index (χ0) is 22.1. The molecule has 0 atom stereocenters. The van der Waals surface area contributed by atoms with Crippen molar-refractivity contribution in [3.05, 3.63) is 97.7 Å². The van der Waals surface area contributed by atoms with Gasteiger partial charge in [0.15, 0.2) is 11.5 Å². The second kappa shape index (κ2) is 8.24. The Morgan fingerprint density at radius 3 is 2.78 bits per heavy atom. The van der Waals surface area contributed by atoms with Gasteiger partial charge in [-0.3, -0.25) is 4.79 Å². The lowest BCUT2D eigenvalue weighted by molar-refractivity contribution is 0.174. The van der Waals surface area contributed by atoms with Crippen molar-refractivity contribution in [2.24, 2.45) is 5.10 Å². The molecule has 2 heterocycles. The number of aromatic amines is 1. The number of aromatic nitrogens is 2. The highest BCUT2D eigenvalue weighted by molar-refractivity contribution is 6.32. The van der Waals surface area contributed by atoms with Crippen LogP contribution in [0.5, 0.6) is 17.2 Å². The molecular weight excluding hydrogens is 434 g/mol. The highest BCUT2D eigenvalue weighted by Gasteiger charge is 2.13. The molecule has 0 amide bonds. The summed E-state index contributed by atoms with van der Waals surface area (Å²) in [4.78, 5) is 27.4. The van der Waals surface area contributed by atoms with Gasteiger partial charge in [0.25, 0.3) is 5.56 Å². The lowest BCUT2D eigenvalue weighted by Crippen LogP contribution is -2.32. The van der Waals surface area contributed by atoms with Crippen LogP contribution in [-0.2, 0) is 6.61 Å². The monoisotopic (exact) mass is 449 g/mol. The molecule has 0 radical (unpaired) electrons. The molecule has 8 nitrogen and oxygen atoms in total. The molecule has 160 valence electrons. The highest BCUT2D eigenvalue weighted by atomic mass is 35.5. The summed E-state index contributed by atoms with van der Waals surface area (Å²) in [5.41, 5.74) is 0.840. The van der Waals surface area contributed by atoms with Crippen molar-refractivity contribution in [1.82, 2.24) is 9.66 Å². The molecular formula is C23H16ClN3O5. The first-order valence-corrected chi connectivity index (χ1v) is 10.1. The molecule has 9 heteroatoms. The lowest BCUT2D eigenvalue weighted by Gasteiger charge is -2.09. The summed E-state index contributed by atoms with van der Waals surface area (Å²) >= 11 is 6.34. The van der Waals surface area contributed by atoms with Crippen LogP contribution in [0, 0.1) is 0 Å². The summed E-state index contributed by atoms with van der Waals surface area (Å²) in [5, 5.41) is 4.77. The molecule has 3 aromatic carbocycles. The first-order chi connectivity index (χ1) is 15.6. The molecule has 0 saturated carbocycles. The largest absolute Gasteiger partial charge is 0.487 e. The molecule has 1 aliphatic heterocycles. The van der Waals surface area contributed by atoms with Gasteiger partial charge >= 0.3 is 5.69 Å². The van der Waals surface area contributed by atoms with Crippen molar-refractivity contribution in [3.63, 3.8) is 0 Å². The summed E-state index contributed by atoms with van der Waals surface area (Å²) in [5.74, 6) is 1.88. The number of hydrogen-bond donors (Lipinski definition) is 1. The molecule has 0 bridgehead atoms. The number of halogens is 1. The van der Waals surface area contributed by atoms with Crippen LogP contribution in [0.3, 0.4) is 0 Å². The van der Waals surface area contributed by atoms with Crippen LogP contribution in [-0.4, -0.2) is 22.7 Å². The molecule has 0 fully saturated rings. The minimum Gasteiger partial charge on any atom is -0.487 e. The summed E-state index contributed by atoms with van der Waals surface area (Å²) in [6.07, 6.45) is 1.39. The number of nitrogens with zero attached hydrogens (tertiary/aromatic N) is 2. The van der Waals surface area contributed by atoms with Crippen molar-refractivity contribution in [2.45, 2.75) is 6.61 Å². The number of ether oxygens (including phenoxy) is 3. The smallest absolute Gasteiger partial charge is 0.349 e. The number of hydrogen-bond acceptors (Lipinski definition) is 6. The first kappa shape index (κ1) is 19.9. The number of benzene rings is 3. The fourth-order valence-corrected chi connectivity index (χ4v) is 3.53. The maximum Gasteiger partial charge on any atom is 0.349 e. The van der Waals surface area contributed by atoms with Gasteiger partial charge in [0.2, 0.25) is 6.79 Å². The Labute approximate surface area is 186 Å². The van der Waals surface area contributed by atoms with Gasteiger partial charge in [0.1, 0.15) is 12.4 Å². The minimum absolute atomic E-state index is 0.214. The maximum absolute atomic E-state index is 12.5. The lowest BCUT2D eigenvalue weighted by atomic mass is 10.2. The third-order valence-corrected chi connectivity index (χ3v) is 5.19. The number of rotatable bonds is 5. The van der Waals surface area contributed by atoms with E-state index in [0.29, 0.717) is 45.3 Å². The average molecular weight is 450 g/mol. The van der Waals surface area contributed by atoms with Crippen LogP contribution >= 0.6 is 11.6 Å². The van der Waals surface area contributed by atoms with E-state index in [4.69, 9.17) is 25.8 Å². The quantitative estimate of drug-likeness (QED) is 0.470. The molecule has 1 aliphatic rings. The zero-order valence-corrected chi connectivity index (χ0v) is 17.3. The zero-order valence-electron chi connectivity index (χ0n) is 16.6. The van der Waals surface area contributed by atoms with Crippen molar-refractivity contribution in [1.29, 1.82) is 0 Å². The van der Waals surface area contributed by atoms with Crippen LogP contribution in [0.1, 0.15) is 11.1 Å². The van der Waals surface area contributed by atoms with Crippen LogP contribution in [0.4, 0.5) is 0 Å². The van der Waals surface area contributed by atoms with Gasteiger partial charge in [-0.05, 0) is 53.6 Å². The van der Waals surface area contributed by atoms with Crippen molar-refractivity contribution < 1.29 is 14.2 Å². The van der Waals surface area contributed by atoms with Crippen LogP contribution < -0.4 is 25.5 Å². The van der Waals surface area contributed by atoms with E-state index in [1.54, 1.807) is 42.5 Å². The van der Waals surface area contributed by atoms with Crippen LogP contribution in [0.2, 0.25) is 5.02 Å². The number of para-hydroxylation sites is 1. The Morgan fingerprint density at radius 2 is 1.91 bits per heavy atom. The molecule has 0 unspecified atom stereocenters. The average Bonchev–Trinajstić information content (AvgIpc) is 3.26. The Bertz CT molecular complexity index is 1470. The number of H-pyrrole nitrogens is 1. The molecule has 0 aliphatic carbocycles. The van der Waals surface area contributed by atoms with E-state index in [2.05, 4.69) is 10.1 Å². The van der Waals surface area contributed by atoms with Gasteiger partial charge in [0.05, 0.1) is 22.1 Å².